The second-order valence-corrected chi connectivity index (χ2v) is 8.14. The van der Waals surface area contributed by atoms with Gasteiger partial charge in [-0.1, -0.05) is 29.8 Å². The topological polar surface area (TPSA) is 83.5 Å². The molecule has 2 rings (SSSR count). The third-order valence-electron chi connectivity index (χ3n) is 3.64. The van der Waals surface area contributed by atoms with Crippen LogP contribution in [-0.2, 0) is 16.3 Å². The van der Waals surface area contributed by atoms with Gasteiger partial charge in [-0.3, -0.25) is 4.99 Å². The maximum Gasteiger partial charge on any atom is 0.191 e. The van der Waals surface area contributed by atoms with Gasteiger partial charge in [0.1, 0.15) is 15.9 Å². The highest BCUT2D eigenvalue weighted by molar-refractivity contribution is 7.91. The number of aliphatic imine (C=N–C) groups is 1. The molecular formula is C18H22ClFN4O2S. The second kappa shape index (κ2) is 10.2. The monoisotopic (exact) mass is 412 g/mol. The molecule has 1 aromatic heterocycles. The van der Waals surface area contributed by atoms with Crippen molar-refractivity contribution in [2.45, 2.75) is 18.2 Å². The predicted octanol–water partition coefficient (Wildman–Crippen LogP) is 2.45. The Balaban J connectivity index is 1.90. The maximum atomic E-state index is 13.7. The highest BCUT2D eigenvalue weighted by atomic mass is 35.5. The average Bonchev–Trinajstić information content (AvgIpc) is 2.63. The molecule has 0 amide bonds. The molecule has 0 fully saturated rings. The van der Waals surface area contributed by atoms with E-state index in [0.717, 1.165) is 11.6 Å². The fraction of sp³-hybridized carbons (Fsp3) is 0.333. The van der Waals surface area contributed by atoms with Crippen LogP contribution in [0.3, 0.4) is 0 Å². The third kappa shape index (κ3) is 6.80. The first-order chi connectivity index (χ1) is 12.9. The van der Waals surface area contributed by atoms with E-state index >= 15 is 0 Å². The van der Waals surface area contributed by atoms with Gasteiger partial charge in [-0.2, -0.15) is 0 Å². The lowest BCUT2D eigenvalue weighted by molar-refractivity contribution is 0.567. The molecule has 0 spiro atoms. The van der Waals surface area contributed by atoms with E-state index in [0.29, 0.717) is 30.6 Å². The van der Waals surface area contributed by atoms with E-state index in [9.17, 15) is 12.8 Å². The summed E-state index contributed by atoms with van der Waals surface area (Å²) in [6.45, 7) is 3.16. The lowest BCUT2D eigenvalue weighted by atomic mass is 10.2. The van der Waals surface area contributed by atoms with Crippen LogP contribution in [0.4, 0.5) is 4.39 Å². The van der Waals surface area contributed by atoms with Gasteiger partial charge in [0.15, 0.2) is 15.8 Å². The number of aromatic nitrogens is 1. The highest BCUT2D eigenvalue weighted by Crippen LogP contribution is 2.15. The largest absolute Gasteiger partial charge is 0.357 e. The number of nitrogens with one attached hydrogen (secondary N) is 2. The molecule has 0 saturated carbocycles. The molecule has 1 aromatic carbocycles. The van der Waals surface area contributed by atoms with Gasteiger partial charge in [-0.25, -0.2) is 17.8 Å². The van der Waals surface area contributed by atoms with Crippen molar-refractivity contribution >= 4 is 27.4 Å². The molecule has 0 saturated heterocycles. The van der Waals surface area contributed by atoms with Crippen molar-refractivity contribution < 1.29 is 12.8 Å². The first kappa shape index (κ1) is 21.1. The number of nitrogens with zero attached hydrogens (tertiary/aromatic N) is 2. The van der Waals surface area contributed by atoms with Crippen molar-refractivity contribution in [3.8, 4) is 0 Å². The molecule has 0 aliphatic heterocycles. The number of hydrogen-bond acceptors (Lipinski definition) is 4. The Morgan fingerprint density at radius 2 is 2.00 bits per heavy atom. The van der Waals surface area contributed by atoms with Crippen LogP contribution in [0.5, 0.6) is 0 Å². The number of pyridine rings is 1. The molecule has 6 nitrogen and oxygen atoms in total. The maximum absolute atomic E-state index is 13.7. The van der Waals surface area contributed by atoms with E-state index < -0.39 is 15.7 Å². The zero-order valence-electron chi connectivity index (χ0n) is 15.0. The van der Waals surface area contributed by atoms with Gasteiger partial charge in [0.05, 0.1) is 12.3 Å². The highest BCUT2D eigenvalue weighted by Gasteiger charge is 2.18. The van der Waals surface area contributed by atoms with Crippen LogP contribution in [0.2, 0.25) is 5.15 Å². The van der Waals surface area contributed by atoms with Crippen molar-refractivity contribution in [2.24, 2.45) is 4.99 Å². The number of hydrogen-bond donors (Lipinski definition) is 2. The van der Waals surface area contributed by atoms with Crippen LogP contribution >= 0.6 is 11.6 Å². The summed E-state index contributed by atoms with van der Waals surface area (Å²) in [5, 5.41) is 6.62. The van der Waals surface area contributed by atoms with Gasteiger partial charge in [0.25, 0.3) is 0 Å². The number of rotatable bonds is 8. The smallest absolute Gasteiger partial charge is 0.191 e. The lowest BCUT2D eigenvalue weighted by Crippen LogP contribution is -2.38. The molecule has 0 unspecified atom stereocenters. The summed E-state index contributed by atoms with van der Waals surface area (Å²) in [5.74, 6) is -0.516. The van der Waals surface area contributed by atoms with Crippen LogP contribution < -0.4 is 10.6 Å². The molecule has 146 valence electrons. The number of benzene rings is 1. The summed E-state index contributed by atoms with van der Waals surface area (Å²) in [7, 11) is -3.73. The van der Waals surface area contributed by atoms with Gasteiger partial charge < -0.3 is 10.6 Å². The van der Waals surface area contributed by atoms with Crippen LogP contribution in [-0.4, -0.2) is 44.7 Å². The minimum atomic E-state index is -3.73. The van der Waals surface area contributed by atoms with E-state index in [4.69, 9.17) is 11.6 Å². The normalized spacial score (nSPS) is 12.0. The van der Waals surface area contributed by atoms with Crippen LogP contribution in [0, 0.1) is 5.82 Å². The zero-order chi connectivity index (χ0) is 19.7. The van der Waals surface area contributed by atoms with Crippen LogP contribution in [0.15, 0.2) is 52.5 Å². The van der Waals surface area contributed by atoms with Gasteiger partial charge >= 0.3 is 0 Å². The van der Waals surface area contributed by atoms with Crippen molar-refractivity contribution in [3.05, 3.63) is 59.1 Å². The Bertz CT molecular complexity index is 873. The molecule has 0 atom stereocenters. The minimum Gasteiger partial charge on any atom is -0.357 e. The van der Waals surface area contributed by atoms with Crippen LogP contribution in [0.25, 0.3) is 0 Å². The van der Waals surface area contributed by atoms with Gasteiger partial charge in [-0.15, -0.1) is 0 Å². The quantitative estimate of drug-likeness (QED) is 0.395. The van der Waals surface area contributed by atoms with Crippen LogP contribution in [0.1, 0.15) is 12.5 Å². The molecule has 2 N–H and O–H groups in total. The van der Waals surface area contributed by atoms with E-state index in [1.807, 2.05) is 13.0 Å². The molecule has 0 bridgehead atoms. The van der Waals surface area contributed by atoms with Gasteiger partial charge in [-0.05, 0) is 37.1 Å². The molecule has 27 heavy (non-hydrogen) atoms. The summed E-state index contributed by atoms with van der Waals surface area (Å²) >= 11 is 5.76. The first-order valence-corrected chi connectivity index (χ1v) is 10.6. The summed E-state index contributed by atoms with van der Waals surface area (Å²) in [6.07, 6.45) is 2.41. The molecule has 1 heterocycles. The van der Waals surface area contributed by atoms with Gasteiger partial charge in [0.2, 0.25) is 0 Å². The van der Waals surface area contributed by atoms with Crippen molar-refractivity contribution in [2.75, 3.05) is 25.4 Å². The Morgan fingerprint density at radius 1 is 1.22 bits per heavy atom. The second-order valence-electron chi connectivity index (χ2n) is 5.68. The summed E-state index contributed by atoms with van der Waals surface area (Å²) in [4.78, 5) is 7.98. The molecule has 0 aliphatic carbocycles. The molecule has 0 radical (unpaired) electrons. The zero-order valence-corrected chi connectivity index (χ0v) is 16.5. The van der Waals surface area contributed by atoms with E-state index in [-0.39, 0.29) is 17.2 Å². The Hall–Kier alpha value is -2.19. The summed E-state index contributed by atoms with van der Waals surface area (Å²) < 4.78 is 38.2. The molecule has 0 aliphatic rings. The van der Waals surface area contributed by atoms with E-state index in [2.05, 4.69) is 20.6 Å². The van der Waals surface area contributed by atoms with Crippen molar-refractivity contribution in [3.63, 3.8) is 0 Å². The molecule has 2 aromatic rings. The Morgan fingerprint density at radius 3 is 2.67 bits per heavy atom. The standard InChI is InChI=1S/C18H22ClFN4O2S/c1-2-21-18(22-10-9-14-7-8-17(19)24-13-14)23-11-12-27(25,26)16-6-4-3-5-15(16)20/h3-8,13H,2,9-12H2,1H3,(H2,21,22,23). The lowest BCUT2D eigenvalue weighted by Gasteiger charge is -2.11. The van der Waals surface area contributed by atoms with Crippen molar-refractivity contribution in [1.29, 1.82) is 0 Å². The predicted molar refractivity (Wildman–Crippen MR) is 105 cm³/mol. The van der Waals surface area contributed by atoms with E-state index in [1.165, 1.54) is 18.2 Å². The summed E-state index contributed by atoms with van der Waals surface area (Å²) in [6, 6.07) is 8.96. The molecular weight excluding hydrogens is 391 g/mol. The minimum absolute atomic E-state index is 0.0223. The number of guanidine groups is 1. The average molecular weight is 413 g/mol. The molecule has 9 heteroatoms. The fourth-order valence-corrected chi connectivity index (χ4v) is 3.62. The SMILES string of the molecule is CCNC(=NCCS(=O)(=O)c1ccccc1F)NCCc1ccc(Cl)nc1. The first-order valence-electron chi connectivity index (χ1n) is 8.52. The Labute approximate surface area is 163 Å². The van der Waals surface area contributed by atoms with E-state index in [1.54, 1.807) is 12.3 Å². The van der Waals surface area contributed by atoms with Gasteiger partial charge in [0, 0.05) is 19.3 Å². The third-order valence-corrected chi connectivity index (χ3v) is 5.59. The van der Waals surface area contributed by atoms with Crippen molar-refractivity contribution in [1.82, 2.24) is 15.6 Å². The Kier molecular flexibility index (Phi) is 7.99. The fourth-order valence-electron chi connectivity index (χ4n) is 2.31. The summed E-state index contributed by atoms with van der Waals surface area (Å²) in [5.41, 5.74) is 1.02. The number of sulfone groups is 1. The number of halogens is 2.